The van der Waals surface area contributed by atoms with Gasteiger partial charge in [-0.15, -0.1) is 0 Å². The number of carbonyl (C=O) groups is 1. The number of piperidine rings is 1. The minimum Gasteiger partial charge on any atom is -0.468 e. The van der Waals surface area contributed by atoms with E-state index in [0.717, 1.165) is 37.9 Å². The third kappa shape index (κ3) is 3.53. The molecule has 0 aromatic heterocycles. The molecule has 0 N–H and O–H groups in total. The van der Waals surface area contributed by atoms with Crippen LogP contribution in [0.25, 0.3) is 0 Å². The van der Waals surface area contributed by atoms with Crippen LogP contribution in [0.4, 0.5) is 0 Å². The summed E-state index contributed by atoms with van der Waals surface area (Å²) >= 11 is 0. The van der Waals surface area contributed by atoms with Gasteiger partial charge in [-0.1, -0.05) is 60.7 Å². The second-order valence-electron chi connectivity index (χ2n) is 8.11. The number of fused-ring (bicyclic) bond motifs is 1. The molecular formula is C24H29NO2. The highest BCUT2D eigenvalue weighted by molar-refractivity contribution is 5.83. The fraction of sp³-hybridized carbons (Fsp3) is 0.458. The van der Waals surface area contributed by atoms with Crippen LogP contribution in [0.1, 0.15) is 43.2 Å². The zero-order valence-electron chi connectivity index (χ0n) is 16.1. The number of rotatable bonds is 4. The molecule has 3 heteroatoms. The Kier molecular flexibility index (Phi) is 5.31. The predicted octanol–water partition coefficient (Wildman–Crippen LogP) is 4.56. The van der Waals surface area contributed by atoms with E-state index in [1.54, 1.807) is 0 Å². The molecule has 142 valence electrons. The highest BCUT2D eigenvalue weighted by atomic mass is 16.5. The fourth-order valence-corrected chi connectivity index (χ4v) is 5.35. The van der Waals surface area contributed by atoms with Gasteiger partial charge in [0, 0.05) is 12.6 Å². The van der Waals surface area contributed by atoms with Crippen LogP contribution in [-0.4, -0.2) is 30.6 Å². The molecule has 0 bridgehead atoms. The van der Waals surface area contributed by atoms with Gasteiger partial charge >= 0.3 is 5.97 Å². The smallest absolute Gasteiger partial charge is 0.316 e. The maximum absolute atomic E-state index is 12.9. The van der Waals surface area contributed by atoms with Crippen molar-refractivity contribution in [1.82, 2.24) is 4.90 Å². The van der Waals surface area contributed by atoms with Gasteiger partial charge in [-0.2, -0.15) is 0 Å². The van der Waals surface area contributed by atoms with Crippen molar-refractivity contribution in [3.05, 3.63) is 71.8 Å². The molecule has 1 saturated heterocycles. The van der Waals surface area contributed by atoms with E-state index in [1.165, 1.54) is 25.5 Å². The third-order valence-electron chi connectivity index (χ3n) is 6.64. The van der Waals surface area contributed by atoms with Crippen molar-refractivity contribution in [1.29, 1.82) is 0 Å². The summed E-state index contributed by atoms with van der Waals surface area (Å²) in [5.41, 5.74) is 2.02. The fourth-order valence-electron chi connectivity index (χ4n) is 5.35. The molecule has 0 radical (unpaired) electrons. The first-order valence-corrected chi connectivity index (χ1v) is 10.1. The average molecular weight is 364 g/mol. The summed E-state index contributed by atoms with van der Waals surface area (Å²) in [6.07, 6.45) is 5.25. The van der Waals surface area contributed by atoms with Gasteiger partial charge in [0.15, 0.2) is 0 Å². The van der Waals surface area contributed by atoms with E-state index < -0.39 is 5.41 Å². The number of likely N-dealkylation sites (tertiary alicyclic amines) is 1. The van der Waals surface area contributed by atoms with Gasteiger partial charge in [-0.3, -0.25) is 9.69 Å². The minimum absolute atomic E-state index is 0.0627. The molecule has 1 heterocycles. The maximum Gasteiger partial charge on any atom is 0.316 e. The zero-order valence-corrected chi connectivity index (χ0v) is 16.1. The summed E-state index contributed by atoms with van der Waals surface area (Å²) in [5.74, 6) is 0.489. The van der Waals surface area contributed by atoms with Gasteiger partial charge in [-0.25, -0.2) is 0 Å². The molecule has 0 spiro atoms. The number of esters is 1. The average Bonchev–Trinajstić information content (AvgIpc) is 2.74. The number of hydrogen-bond acceptors (Lipinski definition) is 3. The SMILES string of the molecule is COC(=O)C1(c2ccccc2)CC[C@@H]2[C@H](CCCN2Cc2ccccc2)C1. The van der Waals surface area contributed by atoms with Crippen LogP contribution in [0.15, 0.2) is 60.7 Å². The minimum atomic E-state index is -0.479. The normalized spacial score (nSPS) is 28.3. The molecule has 3 nitrogen and oxygen atoms in total. The van der Waals surface area contributed by atoms with E-state index in [0.29, 0.717) is 12.0 Å². The lowest BCUT2D eigenvalue weighted by Gasteiger charge is -2.49. The first kappa shape index (κ1) is 18.2. The molecule has 2 aromatic carbocycles. The van der Waals surface area contributed by atoms with Crippen molar-refractivity contribution >= 4 is 5.97 Å². The van der Waals surface area contributed by atoms with E-state index in [1.807, 2.05) is 18.2 Å². The Labute approximate surface area is 162 Å². The van der Waals surface area contributed by atoms with E-state index >= 15 is 0 Å². The van der Waals surface area contributed by atoms with Gasteiger partial charge in [0.2, 0.25) is 0 Å². The summed E-state index contributed by atoms with van der Waals surface area (Å²) in [6, 6.07) is 21.6. The standard InChI is InChI=1S/C24H29NO2/c1-27-23(26)24(21-12-6-3-7-13-21)15-14-22-20(17-24)11-8-16-25(22)18-19-9-4-2-5-10-19/h2-7,9-10,12-13,20,22H,8,11,14-18H2,1H3/t20-,22-,24?/m1/s1. The van der Waals surface area contributed by atoms with Crippen LogP contribution in [0, 0.1) is 5.92 Å². The molecule has 2 fully saturated rings. The molecule has 1 saturated carbocycles. The summed E-state index contributed by atoms with van der Waals surface area (Å²) in [5, 5.41) is 0. The largest absolute Gasteiger partial charge is 0.468 e. The van der Waals surface area contributed by atoms with Crippen molar-refractivity contribution in [2.24, 2.45) is 5.92 Å². The van der Waals surface area contributed by atoms with E-state index in [4.69, 9.17) is 4.74 Å². The van der Waals surface area contributed by atoms with Crippen LogP contribution in [0.3, 0.4) is 0 Å². The van der Waals surface area contributed by atoms with Crippen molar-refractivity contribution < 1.29 is 9.53 Å². The van der Waals surface area contributed by atoms with Crippen LogP contribution in [0.5, 0.6) is 0 Å². The Morgan fingerprint density at radius 1 is 1.07 bits per heavy atom. The van der Waals surface area contributed by atoms with Crippen molar-refractivity contribution in [3.63, 3.8) is 0 Å². The first-order valence-electron chi connectivity index (χ1n) is 10.1. The number of benzene rings is 2. The Morgan fingerprint density at radius 2 is 1.78 bits per heavy atom. The molecule has 1 aliphatic heterocycles. The van der Waals surface area contributed by atoms with Gasteiger partial charge in [-0.05, 0) is 55.7 Å². The molecule has 27 heavy (non-hydrogen) atoms. The Bertz CT molecular complexity index is 760. The Balaban J connectivity index is 1.57. The lowest BCUT2D eigenvalue weighted by atomic mass is 9.62. The monoisotopic (exact) mass is 363 g/mol. The summed E-state index contributed by atoms with van der Waals surface area (Å²) in [7, 11) is 1.53. The molecular weight excluding hydrogens is 334 g/mol. The van der Waals surface area contributed by atoms with Gasteiger partial charge < -0.3 is 4.74 Å². The molecule has 0 amide bonds. The number of nitrogens with zero attached hydrogens (tertiary/aromatic N) is 1. The molecule has 2 aromatic rings. The maximum atomic E-state index is 12.9. The summed E-state index contributed by atoms with van der Waals surface area (Å²) in [6.45, 7) is 2.17. The van der Waals surface area contributed by atoms with Gasteiger partial charge in [0.25, 0.3) is 0 Å². The second-order valence-corrected chi connectivity index (χ2v) is 8.11. The van der Waals surface area contributed by atoms with Crippen LogP contribution >= 0.6 is 0 Å². The van der Waals surface area contributed by atoms with Crippen molar-refractivity contribution in [2.45, 2.75) is 50.1 Å². The van der Waals surface area contributed by atoms with Gasteiger partial charge in [0.1, 0.15) is 0 Å². The topological polar surface area (TPSA) is 29.5 Å². The third-order valence-corrected chi connectivity index (χ3v) is 6.64. The highest BCUT2D eigenvalue weighted by Crippen LogP contribution is 2.47. The Hall–Kier alpha value is -2.13. The van der Waals surface area contributed by atoms with Crippen LogP contribution < -0.4 is 0 Å². The lowest BCUT2D eigenvalue weighted by molar-refractivity contribution is -0.151. The number of ether oxygens (including phenoxy) is 1. The number of hydrogen-bond donors (Lipinski definition) is 0. The second kappa shape index (κ2) is 7.85. The molecule has 1 unspecified atom stereocenters. The van der Waals surface area contributed by atoms with E-state index in [2.05, 4.69) is 47.4 Å². The predicted molar refractivity (Wildman–Crippen MR) is 107 cm³/mol. The zero-order chi connectivity index (χ0) is 18.7. The lowest BCUT2D eigenvalue weighted by Crippen LogP contribution is -2.53. The molecule has 4 rings (SSSR count). The summed E-state index contributed by atoms with van der Waals surface area (Å²) < 4.78 is 5.30. The first-order chi connectivity index (χ1) is 13.2. The molecule has 1 aliphatic carbocycles. The van der Waals surface area contributed by atoms with Gasteiger partial charge in [0.05, 0.1) is 12.5 Å². The van der Waals surface area contributed by atoms with Crippen molar-refractivity contribution in [2.75, 3.05) is 13.7 Å². The highest BCUT2D eigenvalue weighted by Gasteiger charge is 2.49. The van der Waals surface area contributed by atoms with Crippen LogP contribution in [0.2, 0.25) is 0 Å². The Morgan fingerprint density at radius 3 is 2.48 bits per heavy atom. The molecule has 3 atom stereocenters. The van der Waals surface area contributed by atoms with Crippen molar-refractivity contribution in [3.8, 4) is 0 Å². The van der Waals surface area contributed by atoms with Crippen LogP contribution in [-0.2, 0) is 21.5 Å². The van der Waals surface area contributed by atoms with E-state index in [-0.39, 0.29) is 5.97 Å². The number of carbonyl (C=O) groups excluding carboxylic acids is 1. The molecule has 2 aliphatic rings. The quantitative estimate of drug-likeness (QED) is 0.746. The van der Waals surface area contributed by atoms with E-state index in [9.17, 15) is 4.79 Å². The number of methoxy groups -OCH3 is 1. The summed E-state index contributed by atoms with van der Waals surface area (Å²) in [4.78, 5) is 15.5.